The van der Waals surface area contributed by atoms with Crippen LogP contribution < -0.4 is 4.72 Å². The van der Waals surface area contributed by atoms with E-state index in [-0.39, 0.29) is 23.1 Å². The molecule has 100 valence electrons. The van der Waals surface area contributed by atoms with Gasteiger partial charge in [0.1, 0.15) is 5.75 Å². The highest BCUT2D eigenvalue weighted by Crippen LogP contribution is 2.27. The van der Waals surface area contributed by atoms with Gasteiger partial charge in [0.15, 0.2) is 5.75 Å². The summed E-state index contributed by atoms with van der Waals surface area (Å²) in [7, 11) is -3.94. The highest BCUT2D eigenvalue weighted by Gasteiger charge is 2.18. The molecule has 6 nitrogen and oxygen atoms in total. The monoisotopic (exact) mass is 293 g/mol. The highest BCUT2D eigenvalue weighted by molar-refractivity contribution is 7.93. The van der Waals surface area contributed by atoms with Gasteiger partial charge < -0.3 is 9.84 Å². The van der Waals surface area contributed by atoms with Crippen molar-refractivity contribution < 1.29 is 23.1 Å². The maximum atomic E-state index is 11.6. The Bertz CT molecular complexity index is 543. The number of phenols is 1. The summed E-state index contributed by atoms with van der Waals surface area (Å²) in [6.07, 6.45) is 0. The average Bonchev–Trinajstić information content (AvgIpc) is 2.22. The fourth-order valence-corrected chi connectivity index (χ4v) is 2.29. The number of hydrogen-bond donors (Lipinski definition) is 2. The van der Waals surface area contributed by atoms with Crippen molar-refractivity contribution in [1.82, 2.24) is 0 Å². The first-order valence-electron chi connectivity index (χ1n) is 4.98. The molecule has 2 N–H and O–H groups in total. The SMILES string of the molecule is CCOC(=O)CS(=O)(=O)Nc1cc(Cl)ccc1O. The summed E-state index contributed by atoms with van der Waals surface area (Å²) < 4.78 is 29.7. The third-order valence-corrected chi connectivity index (χ3v) is 3.22. The minimum Gasteiger partial charge on any atom is -0.506 e. The normalized spacial score (nSPS) is 11.0. The Morgan fingerprint density at radius 3 is 2.78 bits per heavy atom. The van der Waals surface area contributed by atoms with Crippen LogP contribution in [0, 0.1) is 0 Å². The van der Waals surface area contributed by atoms with E-state index in [0.717, 1.165) is 0 Å². The lowest BCUT2D eigenvalue weighted by atomic mass is 10.3. The minimum absolute atomic E-state index is 0.0909. The van der Waals surface area contributed by atoms with Gasteiger partial charge in [-0.3, -0.25) is 9.52 Å². The lowest BCUT2D eigenvalue weighted by molar-refractivity contribution is -0.139. The summed E-state index contributed by atoms with van der Waals surface area (Å²) in [4.78, 5) is 11.1. The third kappa shape index (κ3) is 4.42. The van der Waals surface area contributed by atoms with Gasteiger partial charge >= 0.3 is 5.97 Å². The number of ether oxygens (including phenoxy) is 1. The Morgan fingerprint density at radius 2 is 2.17 bits per heavy atom. The maximum Gasteiger partial charge on any atom is 0.323 e. The van der Waals surface area contributed by atoms with Gasteiger partial charge in [0.2, 0.25) is 10.0 Å². The van der Waals surface area contributed by atoms with Crippen molar-refractivity contribution in [3.8, 4) is 5.75 Å². The smallest absolute Gasteiger partial charge is 0.323 e. The van der Waals surface area contributed by atoms with Crippen LogP contribution in [0.15, 0.2) is 18.2 Å². The Balaban J connectivity index is 2.82. The van der Waals surface area contributed by atoms with Crippen LogP contribution in [0.3, 0.4) is 0 Å². The molecule has 0 aliphatic carbocycles. The molecule has 0 saturated carbocycles. The summed E-state index contributed by atoms with van der Waals surface area (Å²) in [5.41, 5.74) is -0.0909. The second-order valence-electron chi connectivity index (χ2n) is 3.33. The Hall–Kier alpha value is -1.47. The first-order valence-corrected chi connectivity index (χ1v) is 7.01. The van der Waals surface area contributed by atoms with Gasteiger partial charge in [0, 0.05) is 5.02 Å². The van der Waals surface area contributed by atoms with Crippen molar-refractivity contribution >= 4 is 33.3 Å². The van der Waals surface area contributed by atoms with Crippen LogP contribution in [0.4, 0.5) is 5.69 Å². The quantitative estimate of drug-likeness (QED) is 0.631. The number of anilines is 1. The minimum atomic E-state index is -3.94. The number of rotatable bonds is 5. The number of sulfonamides is 1. The van der Waals surface area contributed by atoms with Crippen molar-refractivity contribution in [2.75, 3.05) is 17.1 Å². The van der Waals surface area contributed by atoms with Crippen LogP contribution in [-0.4, -0.2) is 31.9 Å². The molecule has 0 heterocycles. The maximum absolute atomic E-state index is 11.6. The molecule has 0 atom stereocenters. The molecule has 0 amide bonds. The predicted molar refractivity (Wildman–Crippen MR) is 67.2 cm³/mol. The predicted octanol–water partition coefficient (Wildman–Crippen LogP) is 1.35. The lowest BCUT2D eigenvalue weighted by Gasteiger charge is -2.09. The summed E-state index contributed by atoms with van der Waals surface area (Å²) in [6, 6.07) is 3.88. The van der Waals surface area contributed by atoms with Gasteiger partial charge in [0.25, 0.3) is 0 Å². The summed E-state index contributed by atoms with van der Waals surface area (Å²) in [5, 5.41) is 9.69. The summed E-state index contributed by atoms with van der Waals surface area (Å²) >= 11 is 5.66. The fourth-order valence-electron chi connectivity index (χ4n) is 1.15. The van der Waals surface area contributed by atoms with E-state index in [0.29, 0.717) is 0 Å². The van der Waals surface area contributed by atoms with E-state index in [1.807, 2.05) is 0 Å². The van der Waals surface area contributed by atoms with Gasteiger partial charge in [-0.2, -0.15) is 0 Å². The average molecular weight is 294 g/mol. The number of carbonyl (C=O) groups is 1. The standard InChI is InChI=1S/C10H12ClNO5S/c1-2-17-10(14)6-18(15,16)12-8-5-7(11)3-4-9(8)13/h3-5,12-13H,2,6H2,1H3. The number of halogens is 1. The second-order valence-corrected chi connectivity index (χ2v) is 5.49. The van der Waals surface area contributed by atoms with Crippen LogP contribution in [-0.2, 0) is 19.6 Å². The molecule has 0 aliphatic rings. The molecule has 1 aromatic carbocycles. The van der Waals surface area contributed by atoms with Gasteiger partial charge in [-0.25, -0.2) is 8.42 Å². The van der Waals surface area contributed by atoms with Crippen LogP contribution in [0.5, 0.6) is 5.75 Å². The molecule has 0 unspecified atom stereocenters. The van der Waals surface area contributed by atoms with Crippen molar-refractivity contribution in [3.05, 3.63) is 23.2 Å². The van der Waals surface area contributed by atoms with Crippen LogP contribution in [0.1, 0.15) is 6.92 Å². The molecule has 0 bridgehead atoms. The third-order valence-electron chi connectivity index (χ3n) is 1.84. The van der Waals surface area contributed by atoms with E-state index in [9.17, 15) is 18.3 Å². The molecule has 0 spiro atoms. The first kappa shape index (κ1) is 14.6. The molecule has 0 fully saturated rings. The van der Waals surface area contributed by atoms with E-state index in [1.54, 1.807) is 6.92 Å². The Kier molecular flexibility index (Phi) is 4.80. The second kappa shape index (κ2) is 5.92. The largest absolute Gasteiger partial charge is 0.506 e. The fraction of sp³-hybridized carbons (Fsp3) is 0.300. The zero-order valence-electron chi connectivity index (χ0n) is 9.51. The topological polar surface area (TPSA) is 92.7 Å². The highest BCUT2D eigenvalue weighted by atomic mass is 35.5. The van der Waals surface area contributed by atoms with Crippen LogP contribution in [0.2, 0.25) is 5.02 Å². The number of carbonyl (C=O) groups excluding carboxylic acids is 1. The molecule has 0 aliphatic heterocycles. The number of aromatic hydroxyl groups is 1. The number of benzene rings is 1. The molecule has 1 aromatic rings. The van der Waals surface area contributed by atoms with E-state index in [2.05, 4.69) is 9.46 Å². The molecular formula is C10H12ClNO5S. The van der Waals surface area contributed by atoms with E-state index >= 15 is 0 Å². The zero-order valence-corrected chi connectivity index (χ0v) is 11.1. The Morgan fingerprint density at radius 1 is 1.50 bits per heavy atom. The van der Waals surface area contributed by atoms with Gasteiger partial charge in [-0.1, -0.05) is 11.6 Å². The van der Waals surface area contributed by atoms with Gasteiger partial charge in [-0.05, 0) is 25.1 Å². The summed E-state index contributed by atoms with van der Waals surface area (Å²) in [6.45, 7) is 1.66. The number of esters is 1. The molecule has 8 heteroatoms. The number of nitrogens with one attached hydrogen (secondary N) is 1. The molecule has 18 heavy (non-hydrogen) atoms. The molecule has 0 saturated heterocycles. The molecule has 0 aromatic heterocycles. The van der Waals surface area contributed by atoms with E-state index in [4.69, 9.17) is 11.6 Å². The van der Waals surface area contributed by atoms with Gasteiger partial charge in [-0.15, -0.1) is 0 Å². The summed E-state index contributed by atoms with van der Waals surface area (Å²) in [5.74, 6) is -1.98. The van der Waals surface area contributed by atoms with Crippen molar-refractivity contribution in [2.45, 2.75) is 6.92 Å². The van der Waals surface area contributed by atoms with Crippen LogP contribution >= 0.6 is 11.6 Å². The van der Waals surface area contributed by atoms with E-state index in [1.165, 1.54) is 18.2 Å². The number of hydrogen-bond acceptors (Lipinski definition) is 5. The molecule has 0 radical (unpaired) electrons. The number of phenolic OH excluding ortho intramolecular Hbond substituents is 1. The van der Waals surface area contributed by atoms with Crippen molar-refractivity contribution in [2.24, 2.45) is 0 Å². The van der Waals surface area contributed by atoms with Crippen molar-refractivity contribution in [3.63, 3.8) is 0 Å². The Labute approximate surface area is 110 Å². The van der Waals surface area contributed by atoms with Crippen LogP contribution in [0.25, 0.3) is 0 Å². The molecular weight excluding hydrogens is 282 g/mol. The van der Waals surface area contributed by atoms with Crippen molar-refractivity contribution in [1.29, 1.82) is 0 Å². The first-order chi connectivity index (χ1) is 8.34. The van der Waals surface area contributed by atoms with Gasteiger partial charge in [0.05, 0.1) is 12.3 Å². The zero-order chi connectivity index (χ0) is 13.8. The molecule has 1 rings (SSSR count). The van der Waals surface area contributed by atoms with E-state index < -0.39 is 21.7 Å². The lowest BCUT2D eigenvalue weighted by Crippen LogP contribution is -2.24.